The van der Waals surface area contributed by atoms with Crippen LogP contribution in [-0.4, -0.2) is 52.6 Å². The average Bonchev–Trinajstić information content (AvgIpc) is 3.61. The van der Waals surface area contributed by atoms with E-state index in [1.54, 1.807) is 40.4 Å². The van der Waals surface area contributed by atoms with E-state index >= 15 is 0 Å². The molecule has 1 N–H and O–H groups in total. The summed E-state index contributed by atoms with van der Waals surface area (Å²) in [5.74, 6) is 0.341. The minimum absolute atomic E-state index is 0.0944. The number of hydrogen-bond donors (Lipinski definition) is 1. The Morgan fingerprint density at radius 1 is 1.03 bits per heavy atom. The summed E-state index contributed by atoms with van der Waals surface area (Å²) < 4.78 is 3.55. The molecule has 2 aromatic carbocycles. The fourth-order valence-electron chi connectivity index (χ4n) is 4.35. The number of hydrogen-bond acceptors (Lipinski definition) is 6. The van der Waals surface area contributed by atoms with Gasteiger partial charge in [0.15, 0.2) is 0 Å². The fraction of sp³-hybridized carbons (Fsp3) is 0.154. The number of nitrogens with one attached hydrogen (secondary N) is 1. The maximum atomic E-state index is 13.2. The van der Waals surface area contributed by atoms with Crippen molar-refractivity contribution < 1.29 is 9.59 Å². The van der Waals surface area contributed by atoms with Crippen LogP contribution in [0.25, 0.3) is 16.6 Å². The largest absolute Gasteiger partial charge is 0.347 e. The minimum Gasteiger partial charge on any atom is -0.347 e. The summed E-state index contributed by atoms with van der Waals surface area (Å²) in [5, 5.41) is 8.09. The van der Waals surface area contributed by atoms with E-state index in [1.165, 1.54) is 6.33 Å². The minimum atomic E-state index is -0.249. The molecule has 0 atom stereocenters. The van der Waals surface area contributed by atoms with E-state index in [0.717, 1.165) is 22.2 Å². The molecule has 6 rings (SSSR count). The van der Waals surface area contributed by atoms with Crippen LogP contribution in [0.3, 0.4) is 0 Å². The van der Waals surface area contributed by atoms with E-state index in [-0.39, 0.29) is 11.8 Å². The molecule has 1 aliphatic rings. The summed E-state index contributed by atoms with van der Waals surface area (Å²) in [6.07, 6.45) is 6.55. The molecule has 0 bridgehead atoms. The molecule has 0 spiro atoms. The van der Waals surface area contributed by atoms with Crippen LogP contribution in [0.2, 0.25) is 0 Å². The quantitative estimate of drug-likeness (QED) is 0.416. The fourth-order valence-corrected chi connectivity index (χ4v) is 4.35. The van der Waals surface area contributed by atoms with Crippen molar-refractivity contribution in [1.29, 1.82) is 0 Å². The summed E-state index contributed by atoms with van der Waals surface area (Å²) in [6, 6.07) is 17.1. The van der Waals surface area contributed by atoms with Gasteiger partial charge in [0.1, 0.15) is 24.2 Å². The maximum Gasteiger partial charge on any atom is 0.271 e. The molecule has 3 aromatic heterocycles. The highest BCUT2D eigenvalue weighted by Gasteiger charge is 2.25. The third-order valence-electron chi connectivity index (χ3n) is 6.22. The lowest BCUT2D eigenvalue weighted by Crippen LogP contribution is -2.38. The third kappa shape index (κ3) is 4.20. The van der Waals surface area contributed by atoms with E-state index in [1.807, 2.05) is 47.0 Å². The molecular formula is C26H22N8O2. The maximum absolute atomic E-state index is 13.2. The van der Waals surface area contributed by atoms with Crippen molar-refractivity contribution >= 4 is 22.7 Å². The van der Waals surface area contributed by atoms with Crippen LogP contribution < -0.4 is 5.32 Å². The number of rotatable bonds is 5. The van der Waals surface area contributed by atoms with E-state index in [0.29, 0.717) is 43.3 Å². The SMILES string of the molecule is O=C(NCc1ccc2ncccc2c1)c1cn2c(n1)CN(C(=O)c1cccc(-n3cncn3)c1)CC2. The van der Waals surface area contributed by atoms with Crippen molar-refractivity contribution in [3.05, 3.63) is 102 Å². The molecule has 178 valence electrons. The third-order valence-corrected chi connectivity index (χ3v) is 6.22. The van der Waals surface area contributed by atoms with Crippen LogP contribution >= 0.6 is 0 Å². The monoisotopic (exact) mass is 478 g/mol. The summed E-state index contributed by atoms with van der Waals surface area (Å²) in [4.78, 5) is 40.5. The molecule has 10 nitrogen and oxygen atoms in total. The summed E-state index contributed by atoms with van der Waals surface area (Å²) in [6.45, 7) is 1.82. The second-order valence-electron chi connectivity index (χ2n) is 8.57. The number of benzene rings is 2. The normalized spacial score (nSPS) is 12.9. The van der Waals surface area contributed by atoms with Crippen LogP contribution in [0.4, 0.5) is 0 Å². The highest BCUT2D eigenvalue weighted by Crippen LogP contribution is 2.18. The lowest BCUT2D eigenvalue weighted by Gasteiger charge is -2.27. The zero-order chi connectivity index (χ0) is 24.5. The second-order valence-corrected chi connectivity index (χ2v) is 8.57. The Morgan fingerprint density at radius 2 is 1.97 bits per heavy atom. The molecule has 5 aromatic rings. The highest BCUT2D eigenvalue weighted by atomic mass is 16.2. The molecule has 2 amide bonds. The lowest BCUT2D eigenvalue weighted by molar-refractivity contribution is 0.0707. The van der Waals surface area contributed by atoms with Crippen LogP contribution in [0.5, 0.6) is 0 Å². The zero-order valence-corrected chi connectivity index (χ0v) is 19.3. The first-order valence-electron chi connectivity index (χ1n) is 11.6. The van der Waals surface area contributed by atoms with Crippen LogP contribution in [0, 0.1) is 0 Å². The van der Waals surface area contributed by atoms with Gasteiger partial charge < -0.3 is 14.8 Å². The molecular weight excluding hydrogens is 456 g/mol. The molecule has 0 unspecified atom stereocenters. The van der Waals surface area contributed by atoms with Gasteiger partial charge in [0.25, 0.3) is 11.8 Å². The van der Waals surface area contributed by atoms with Crippen LogP contribution in [0.1, 0.15) is 32.2 Å². The second kappa shape index (κ2) is 9.06. The molecule has 0 saturated carbocycles. The predicted molar refractivity (Wildman–Crippen MR) is 131 cm³/mol. The van der Waals surface area contributed by atoms with Crippen LogP contribution in [-0.2, 0) is 19.6 Å². The first-order valence-corrected chi connectivity index (χ1v) is 11.6. The first-order chi connectivity index (χ1) is 17.6. The van der Waals surface area contributed by atoms with Crippen molar-refractivity contribution in [2.75, 3.05) is 6.54 Å². The number of fused-ring (bicyclic) bond motifs is 2. The smallest absolute Gasteiger partial charge is 0.271 e. The van der Waals surface area contributed by atoms with E-state index in [2.05, 4.69) is 25.4 Å². The van der Waals surface area contributed by atoms with Gasteiger partial charge in [-0.3, -0.25) is 14.6 Å². The topological polar surface area (TPSA) is 111 Å². The molecule has 0 fully saturated rings. The average molecular weight is 479 g/mol. The molecule has 0 saturated heterocycles. The van der Waals surface area contributed by atoms with Gasteiger partial charge in [-0.1, -0.05) is 18.2 Å². The van der Waals surface area contributed by atoms with Crippen molar-refractivity contribution in [3.63, 3.8) is 0 Å². The number of pyridine rings is 1. The number of imidazole rings is 1. The van der Waals surface area contributed by atoms with Gasteiger partial charge in [-0.05, 0) is 42.0 Å². The van der Waals surface area contributed by atoms with E-state index in [9.17, 15) is 9.59 Å². The summed E-state index contributed by atoms with van der Waals surface area (Å²) >= 11 is 0. The van der Waals surface area contributed by atoms with Crippen molar-refractivity contribution in [3.8, 4) is 5.69 Å². The van der Waals surface area contributed by atoms with Gasteiger partial charge in [0, 0.05) is 43.0 Å². The number of carbonyl (C=O) groups excluding carboxylic acids is 2. The molecule has 0 aliphatic carbocycles. The standard InChI is InChI=1S/C26H22N8O2/c35-25(29-13-18-6-7-22-19(11-18)4-2-8-28-22)23-14-32-9-10-33(15-24(32)31-23)26(36)20-3-1-5-21(12-20)34-17-27-16-30-34/h1-8,11-12,14,16-17H,9-10,13,15H2,(H,29,35). The van der Waals surface area contributed by atoms with Crippen molar-refractivity contribution in [2.24, 2.45) is 0 Å². The Hall–Kier alpha value is -4.86. The van der Waals surface area contributed by atoms with Crippen molar-refractivity contribution in [1.82, 2.24) is 39.5 Å². The Kier molecular flexibility index (Phi) is 5.45. The molecule has 4 heterocycles. The predicted octanol–water partition coefficient (Wildman–Crippen LogP) is 2.60. The molecule has 1 aliphatic heterocycles. The number of amides is 2. The molecule has 0 radical (unpaired) electrons. The first kappa shape index (κ1) is 21.7. The van der Waals surface area contributed by atoms with E-state index < -0.39 is 0 Å². The summed E-state index contributed by atoms with van der Waals surface area (Å²) in [7, 11) is 0. The Labute approximate surface area is 206 Å². The number of aromatic nitrogens is 6. The van der Waals surface area contributed by atoms with Gasteiger partial charge >= 0.3 is 0 Å². The van der Waals surface area contributed by atoms with Gasteiger partial charge in [-0.2, -0.15) is 5.10 Å². The lowest BCUT2D eigenvalue weighted by atomic mass is 10.1. The summed E-state index contributed by atoms with van der Waals surface area (Å²) in [5.41, 5.74) is 3.57. The van der Waals surface area contributed by atoms with Gasteiger partial charge in [-0.25, -0.2) is 14.6 Å². The highest BCUT2D eigenvalue weighted by molar-refractivity contribution is 5.95. The number of carbonyl (C=O) groups is 2. The van der Waals surface area contributed by atoms with Gasteiger partial charge in [-0.15, -0.1) is 0 Å². The van der Waals surface area contributed by atoms with E-state index in [4.69, 9.17) is 0 Å². The van der Waals surface area contributed by atoms with Crippen molar-refractivity contribution in [2.45, 2.75) is 19.6 Å². The number of nitrogens with zero attached hydrogens (tertiary/aromatic N) is 7. The Balaban J connectivity index is 1.12. The van der Waals surface area contributed by atoms with Gasteiger partial charge in [0.05, 0.1) is 17.7 Å². The Bertz CT molecular complexity index is 1570. The Morgan fingerprint density at radius 3 is 2.86 bits per heavy atom. The van der Waals surface area contributed by atoms with Crippen LogP contribution in [0.15, 0.2) is 79.6 Å². The molecule has 10 heteroatoms. The zero-order valence-electron chi connectivity index (χ0n) is 19.3. The van der Waals surface area contributed by atoms with Gasteiger partial charge in [0.2, 0.25) is 0 Å². The molecule has 36 heavy (non-hydrogen) atoms.